The molecule has 3 atom stereocenters. The van der Waals surface area contributed by atoms with Crippen LogP contribution in [0.5, 0.6) is 0 Å². The van der Waals surface area contributed by atoms with Crippen LogP contribution >= 0.6 is 0 Å². The monoisotopic (exact) mass is 303 g/mol. The number of piperidine rings is 1. The van der Waals surface area contributed by atoms with Crippen LogP contribution in [0.2, 0.25) is 0 Å². The van der Waals surface area contributed by atoms with Crippen LogP contribution in [-0.4, -0.2) is 34.8 Å². The molecule has 1 aromatic carbocycles. The number of fused-ring (bicyclic) bond motifs is 2. The topological polar surface area (TPSA) is 38.8 Å². The molecule has 1 unspecified atom stereocenters. The molecule has 1 amide bonds. The summed E-state index contributed by atoms with van der Waals surface area (Å²) < 4.78 is 11.6. The van der Waals surface area contributed by atoms with E-state index in [0.717, 1.165) is 19.3 Å². The number of carbonyl (C=O) groups excluding carboxylic acids is 1. The van der Waals surface area contributed by atoms with Gasteiger partial charge < -0.3 is 9.47 Å². The van der Waals surface area contributed by atoms with E-state index in [1.807, 2.05) is 43.9 Å². The van der Waals surface area contributed by atoms with Gasteiger partial charge in [-0.2, -0.15) is 0 Å². The second kappa shape index (κ2) is 5.92. The Labute approximate surface area is 132 Å². The molecule has 2 heterocycles. The minimum absolute atomic E-state index is 0.123. The van der Waals surface area contributed by atoms with E-state index < -0.39 is 5.60 Å². The molecule has 4 nitrogen and oxygen atoms in total. The molecule has 0 radical (unpaired) electrons. The average molecular weight is 303 g/mol. The number of rotatable bonds is 3. The normalized spacial score (nSPS) is 27.2. The summed E-state index contributed by atoms with van der Waals surface area (Å²) in [6.07, 6.45) is 3.01. The van der Waals surface area contributed by atoms with Gasteiger partial charge in [0.1, 0.15) is 5.60 Å². The molecule has 2 saturated heterocycles. The van der Waals surface area contributed by atoms with Crippen LogP contribution in [0.25, 0.3) is 0 Å². The lowest BCUT2D eigenvalue weighted by Gasteiger charge is -2.55. The molecule has 0 aromatic heterocycles. The number of carbonyl (C=O) groups is 1. The summed E-state index contributed by atoms with van der Waals surface area (Å²) in [4.78, 5) is 14.2. The maximum atomic E-state index is 12.3. The molecule has 1 aromatic rings. The standard InChI is InChI=1S/C18H25NO3/c1-18(2,3)22-17(20)19-14-9-10-16(15(19)11-14)21-12-13-7-5-4-6-8-13/h4-8,14-16H,9-12H2,1-3H3/t14-,15?,16-/m1/s1. The summed E-state index contributed by atoms with van der Waals surface area (Å²) in [6.45, 7) is 6.33. The first-order chi connectivity index (χ1) is 10.4. The number of benzene rings is 1. The van der Waals surface area contributed by atoms with Crippen molar-refractivity contribution in [2.75, 3.05) is 0 Å². The third-order valence-electron chi connectivity index (χ3n) is 4.39. The minimum Gasteiger partial charge on any atom is -0.444 e. The van der Waals surface area contributed by atoms with Crippen LogP contribution in [0.4, 0.5) is 4.79 Å². The Bertz CT molecular complexity index is 521. The van der Waals surface area contributed by atoms with Gasteiger partial charge >= 0.3 is 6.09 Å². The fourth-order valence-electron chi connectivity index (χ4n) is 3.35. The second-order valence-electron chi connectivity index (χ2n) is 7.26. The van der Waals surface area contributed by atoms with E-state index in [-0.39, 0.29) is 18.2 Å². The number of ether oxygens (including phenoxy) is 2. The van der Waals surface area contributed by atoms with E-state index in [1.54, 1.807) is 0 Å². The Morgan fingerprint density at radius 2 is 1.95 bits per heavy atom. The molecule has 0 N–H and O–H groups in total. The third kappa shape index (κ3) is 3.27. The SMILES string of the molecule is CC(C)(C)OC(=O)N1C2C[C@H]1CC[C@H]2OCc1ccccc1. The number of amides is 1. The van der Waals surface area contributed by atoms with Gasteiger partial charge in [0.25, 0.3) is 0 Å². The number of hydrogen-bond donors (Lipinski definition) is 0. The van der Waals surface area contributed by atoms with Crippen LogP contribution in [0.15, 0.2) is 30.3 Å². The first kappa shape index (κ1) is 15.3. The first-order valence-electron chi connectivity index (χ1n) is 8.11. The van der Waals surface area contributed by atoms with Crippen molar-refractivity contribution < 1.29 is 14.3 Å². The van der Waals surface area contributed by atoms with E-state index in [0.29, 0.717) is 12.6 Å². The van der Waals surface area contributed by atoms with Gasteiger partial charge in [0.15, 0.2) is 0 Å². The molecule has 4 heteroatoms. The highest BCUT2D eigenvalue weighted by atomic mass is 16.6. The average Bonchev–Trinajstić information content (AvgIpc) is 2.44. The minimum atomic E-state index is -0.443. The van der Waals surface area contributed by atoms with Gasteiger partial charge in [-0.05, 0) is 45.6 Å². The molecule has 0 spiro atoms. The van der Waals surface area contributed by atoms with Crippen molar-refractivity contribution in [3.63, 3.8) is 0 Å². The van der Waals surface area contributed by atoms with E-state index in [1.165, 1.54) is 5.56 Å². The zero-order valence-corrected chi connectivity index (χ0v) is 13.6. The van der Waals surface area contributed by atoms with Crippen molar-refractivity contribution in [2.45, 2.75) is 70.4 Å². The van der Waals surface area contributed by atoms with Gasteiger partial charge in [-0.3, -0.25) is 4.90 Å². The molecule has 3 fully saturated rings. The first-order valence-corrected chi connectivity index (χ1v) is 8.11. The zero-order chi connectivity index (χ0) is 15.7. The summed E-state index contributed by atoms with van der Waals surface area (Å²) in [6, 6.07) is 10.7. The van der Waals surface area contributed by atoms with Crippen molar-refractivity contribution in [1.29, 1.82) is 0 Å². The molecule has 3 aliphatic rings. The Morgan fingerprint density at radius 1 is 1.23 bits per heavy atom. The summed E-state index contributed by atoms with van der Waals surface area (Å²) >= 11 is 0. The van der Waals surface area contributed by atoms with Crippen LogP contribution in [0, 0.1) is 0 Å². The highest BCUT2D eigenvalue weighted by Gasteiger charge is 2.51. The molecule has 2 aliphatic heterocycles. The van der Waals surface area contributed by atoms with Crippen molar-refractivity contribution >= 4 is 6.09 Å². The Kier molecular flexibility index (Phi) is 4.13. The Balaban J connectivity index is 1.57. The van der Waals surface area contributed by atoms with Gasteiger partial charge in [-0.1, -0.05) is 30.3 Å². The molecular weight excluding hydrogens is 278 g/mol. The summed E-state index contributed by atoms with van der Waals surface area (Å²) in [7, 11) is 0. The van der Waals surface area contributed by atoms with Gasteiger partial charge in [-0.25, -0.2) is 4.79 Å². The van der Waals surface area contributed by atoms with Crippen molar-refractivity contribution in [1.82, 2.24) is 4.90 Å². The third-order valence-corrected chi connectivity index (χ3v) is 4.39. The molecular formula is C18H25NO3. The number of nitrogens with zero attached hydrogens (tertiary/aromatic N) is 1. The highest BCUT2D eigenvalue weighted by Crippen LogP contribution is 2.40. The molecule has 2 bridgehead atoms. The molecule has 120 valence electrons. The predicted molar refractivity (Wildman–Crippen MR) is 84.5 cm³/mol. The van der Waals surface area contributed by atoms with Crippen molar-refractivity contribution in [3.05, 3.63) is 35.9 Å². The van der Waals surface area contributed by atoms with E-state index in [9.17, 15) is 4.79 Å². The summed E-state index contributed by atoms with van der Waals surface area (Å²) in [5.74, 6) is 0. The number of hydrogen-bond acceptors (Lipinski definition) is 3. The van der Waals surface area contributed by atoms with Crippen LogP contribution in [-0.2, 0) is 16.1 Å². The molecule has 4 rings (SSSR count). The molecule has 1 aliphatic carbocycles. The van der Waals surface area contributed by atoms with Crippen LogP contribution in [0.3, 0.4) is 0 Å². The molecule has 1 saturated carbocycles. The van der Waals surface area contributed by atoms with Crippen LogP contribution < -0.4 is 0 Å². The summed E-state index contributed by atoms with van der Waals surface area (Å²) in [5, 5.41) is 0. The lowest BCUT2D eigenvalue weighted by molar-refractivity contribution is -0.129. The summed E-state index contributed by atoms with van der Waals surface area (Å²) in [5.41, 5.74) is 0.731. The van der Waals surface area contributed by atoms with Gasteiger partial charge in [0.2, 0.25) is 0 Å². The highest BCUT2D eigenvalue weighted by molar-refractivity contribution is 5.70. The Morgan fingerprint density at radius 3 is 2.59 bits per heavy atom. The van der Waals surface area contributed by atoms with Crippen LogP contribution in [0.1, 0.15) is 45.6 Å². The quantitative estimate of drug-likeness (QED) is 0.853. The largest absolute Gasteiger partial charge is 0.444 e. The Hall–Kier alpha value is -1.55. The van der Waals surface area contributed by atoms with E-state index in [4.69, 9.17) is 9.47 Å². The smallest absolute Gasteiger partial charge is 0.410 e. The second-order valence-corrected chi connectivity index (χ2v) is 7.26. The fraction of sp³-hybridized carbons (Fsp3) is 0.611. The van der Waals surface area contributed by atoms with Gasteiger partial charge in [0, 0.05) is 6.04 Å². The van der Waals surface area contributed by atoms with Crippen molar-refractivity contribution in [2.24, 2.45) is 0 Å². The van der Waals surface area contributed by atoms with E-state index in [2.05, 4.69) is 12.1 Å². The molecule has 22 heavy (non-hydrogen) atoms. The van der Waals surface area contributed by atoms with E-state index >= 15 is 0 Å². The van der Waals surface area contributed by atoms with Crippen molar-refractivity contribution in [3.8, 4) is 0 Å². The lowest BCUT2D eigenvalue weighted by Crippen LogP contribution is -2.67. The maximum Gasteiger partial charge on any atom is 0.410 e. The van der Waals surface area contributed by atoms with Gasteiger partial charge in [0.05, 0.1) is 18.8 Å². The maximum absolute atomic E-state index is 12.3. The lowest BCUT2D eigenvalue weighted by atomic mass is 9.78. The predicted octanol–water partition coefficient (Wildman–Crippen LogP) is 3.74. The van der Waals surface area contributed by atoms with Gasteiger partial charge in [-0.15, -0.1) is 0 Å². The fourth-order valence-corrected chi connectivity index (χ4v) is 3.35. The zero-order valence-electron chi connectivity index (χ0n) is 13.6.